The normalized spacial score (nSPS) is 20.1. The van der Waals surface area contributed by atoms with Gasteiger partial charge in [0.05, 0.1) is 12.3 Å². The fourth-order valence-corrected chi connectivity index (χ4v) is 2.25. The summed E-state index contributed by atoms with van der Waals surface area (Å²) < 4.78 is 1.87. The van der Waals surface area contributed by atoms with Gasteiger partial charge < -0.3 is 5.11 Å². The zero-order chi connectivity index (χ0) is 9.97. The third kappa shape index (κ3) is 1.82. The number of hydrogen-bond donors (Lipinski definition) is 1. The second-order valence-electron chi connectivity index (χ2n) is 4.12. The molecule has 1 aromatic rings. The molecule has 0 aromatic carbocycles. The highest BCUT2D eigenvalue weighted by Gasteiger charge is 2.25. The predicted molar refractivity (Wildman–Crippen MR) is 54.8 cm³/mol. The second-order valence-corrected chi connectivity index (χ2v) is 4.12. The van der Waals surface area contributed by atoms with Gasteiger partial charge in [-0.25, -0.2) is 0 Å². The van der Waals surface area contributed by atoms with E-state index in [0.717, 1.165) is 12.1 Å². The van der Waals surface area contributed by atoms with Gasteiger partial charge in [-0.2, -0.15) is 5.10 Å². The van der Waals surface area contributed by atoms with Crippen molar-refractivity contribution in [1.82, 2.24) is 9.78 Å². The van der Waals surface area contributed by atoms with Crippen LogP contribution in [0.3, 0.4) is 0 Å². The first kappa shape index (κ1) is 9.71. The molecule has 1 unspecified atom stereocenters. The number of aliphatic hydroxyl groups excluding tert-OH is 1. The van der Waals surface area contributed by atoms with Crippen LogP contribution in [0.25, 0.3) is 0 Å². The molecule has 0 bridgehead atoms. The van der Waals surface area contributed by atoms with E-state index >= 15 is 0 Å². The largest absolute Gasteiger partial charge is 0.388 e. The van der Waals surface area contributed by atoms with Crippen molar-refractivity contribution in [2.45, 2.75) is 45.3 Å². The van der Waals surface area contributed by atoms with Crippen LogP contribution in [0.4, 0.5) is 0 Å². The molecule has 0 aliphatic heterocycles. The number of rotatable bonds is 3. The summed E-state index contributed by atoms with van der Waals surface area (Å²) in [5.41, 5.74) is 0.985. The van der Waals surface area contributed by atoms with Crippen molar-refractivity contribution in [1.29, 1.82) is 0 Å². The smallest absolute Gasteiger partial charge is 0.0848 e. The maximum absolute atomic E-state index is 10.1. The van der Waals surface area contributed by atoms with Gasteiger partial charge >= 0.3 is 0 Å². The monoisotopic (exact) mass is 194 g/mol. The minimum Gasteiger partial charge on any atom is -0.388 e. The van der Waals surface area contributed by atoms with Crippen molar-refractivity contribution in [2.24, 2.45) is 5.92 Å². The SMILES string of the molecule is CCn1cc(C(O)C2CCCC2)cn1. The molecule has 1 aromatic heterocycles. The molecule has 1 heterocycles. The standard InChI is InChI=1S/C11H18N2O/c1-2-13-8-10(7-12-13)11(14)9-5-3-4-6-9/h7-9,11,14H,2-6H2,1H3. The van der Waals surface area contributed by atoms with Crippen molar-refractivity contribution >= 4 is 0 Å². The molecule has 3 heteroatoms. The van der Waals surface area contributed by atoms with Gasteiger partial charge in [0.1, 0.15) is 0 Å². The van der Waals surface area contributed by atoms with Crippen LogP contribution in [0.1, 0.15) is 44.3 Å². The molecule has 1 N–H and O–H groups in total. The van der Waals surface area contributed by atoms with Crippen molar-refractivity contribution < 1.29 is 5.11 Å². The van der Waals surface area contributed by atoms with Crippen LogP contribution in [0.5, 0.6) is 0 Å². The zero-order valence-corrected chi connectivity index (χ0v) is 8.69. The van der Waals surface area contributed by atoms with E-state index in [1.165, 1.54) is 25.7 Å². The van der Waals surface area contributed by atoms with Crippen molar-refractivity contribution in [3.63, 3.8) is 0 Å². The van der Waals surface area contributed by atoms with E-state index in [0.29, 0.717) is 5.92 Å². The lowest BCUT2D eigenvalue weighted by molar-refractivity contribution is 0.111. The van der Waals surface area contributed by atoms with Crippen LogP contribution in [0.15, 0.2) is 12.4 Å². The Labute approximate surface area is 84.7 Å². The third-order valence-corrected chi connectivity index (χ3v) is 3.17. The Bertz CT molecular complexity index is 289. The Hall–Kier alpha value is -0.830. The average molecular weight is 194 g/mol. The summed E-state index contributed by atoms with van der Waals surface area (Å²) in [6.07, 6.45) is 8.33. The summed E-state index contributed by atoms with van der Waals surface area (Å²) >= 11 is 0. The Balaban J connectivity index is 2.05. The lowest BCUT2D eigenvalue weighted by Gasteiger charge is -2.15. The zero-order valence-electron chi connectivity index (χ0n) is 8.69. The van der Waals surface area contributed by atoms with Crippen LogP contribution in [-0.2, 0) is 6.54 Å². The highest BCUT2D eigenvalue weighted by Crippen LogP contribution is 2.35. The van der Waals surface area contributed by atoms with E-state index in [2.05, 4.69) is 12.0 Å². The first-order chi connectivity index (χ1) is 6.81. The number of nitrogens with zero attached hydrogens (tertiary/aromatic N) is 2. The molecule has 0 amide bonds. The molecule has 1 atom stereocenters. The molecule has 0 radical (unpaired) electrons. The second kappa shape index (κ2) is 4.13. The number of hydrogen-bond acceptors (Lipinski definition) is 2. The van der Waals surface area contributed by atoms with Gasteiger partial charge in [-0.3, -0.25) is 4.68 Å². The van der Waals surface area contributed by atoms with E-state index in [9.17, 15) is 5.11 Å². The Kier molecular flexibility index (Phi) is 2.87. The number of aliphatic hydroxyl groups is 1. The van der Waals surface area contributed by atoms with Crippen LogP contribution < -0.4 is 0 Å². The molecule has 78 valence electrons. The maximum Gasteiger partial charge on any atom is 0.0848 e. The molecule has 1 fully saturated rings. The van der Waals surface area contributed by atoms with Crippen LogP contribution >= 0.6 is 0 Å². The van der Waals surface area contributed by atoms with Crippen LogP contribution in [0.2, 0.25) is 0 Å². The molecule has 1 aliphatic carbocycles. The summed E-state index contributed by atoms with van der Waals surface area (Å²) in [5.74, 6) is 0.463. The minimum atomic E-state index is -0.294. The average Bonchev–Trinajstić information content (AvgIpc) is 2.88. The minimum absolute atomic E-state index is 0.294. The van der Waals surface area contributed by atoms with Crippen molar-refractivity contribution in [3.8, 4) is 0 Å². The van der Waals surface area contributed by atoms with Crippen LogP contribution in [-0.4, -0.2) is 14.9 Å². The molecule has 0 spiro atoms. The fourth-order valence-electron chi connectivity index (χ4n) is 2.25. The lowest BCUT2D eigenvalue weighted by Crippen LogP contribution is -2.07. The third-order valence-electron chi connectivity index (χ3n) is 3.17. The van der Waals surface area contributed by atoms with E-state index in [1.807, 2.05) is 10.9 Å². The van der Waals surface area contributed by atoms with Gasteiger partial charge in [0.25, 0.3) is 0 Å². The summed E-state index contributed by atoms with van der Waals surface area (Å²) in [5, 5.41) is 14.3. The van der Waals surface area contributed by atoms with E-state index in [-0.39, 0.29) is 6.10 Å². The van der Waals surface area contributed by atoms with E-state index in [1.54, 1.807) is 6.20 Å². The number of aromatic nitrogens is 2. The highest BCUT2D eigenvalue weighted by molar-refractivity contribution is 5.09. The quantitative estimate of drug-likeness (QED) is 0.800. The molecule has 0 saturated heterocycles. The van der Waals surface area contributed by atoms with Crippen LogP contribution in [0, 0.1) is 5.92 Å². The Morgan fingerprint density at radius 1 is 1.57 bits per heavy atom. The van der Waals surface area contributed by atoms with Gasteiger partial charge in [-0.05, 0) is 25.7 Å². The molecule has 1 saturated carbocycles. The fraction of sp³-hybridized carbons (Fsp3) is 0.727. The van der Waals surface area contributed by atoms with Gasteiger partial charge in [0, 0.05) is 18.3 Å². The van der Waals surface area contributed by atoms with Gasteiger partial charge in [-0.1, -0.05) is 12.8 Å². The highest BCUT2D eigenvalue weighted by atomic mass is 16.3. The van der Waals surface area contributed by atoms with Crippen molar-refractivity contribution in [3.05, 3.63) is 18.0 Å². The summed E-state index contributed by atoms with van der Waals surface area (Å²) in [6, 6.07) is 0. The predicted octanol–water partition coefficient (Wildman–Crippen LogP) is 2.13. The molecular weight excluding hydrogens is 176 g/mol. The first-order valence-electron chi connectivity index (χ1n) is 5.51. The van der Waals surface area contributed by atoms with Crippen molar-refractivity contribution in [2.75, 3.05) is 0 Å². The van der Waals surface area contributed by atoms with Gasteiger partial charge in [0.15, 0.2) is 0 Å². The lowest BCUT2D eigenvalue weighted by atomic mass is 9.97. The molecule has 3 nitrogen and oxygen atoms in total. The molecule has 14 heavy (non-hydrogen) atoms. The Morgan fingerprint density at radius 3 is 2.86 bits per heavy atom. The Morgan fingerprint density at radius 2 is 2.29 bits per heavy atom. The van der Waals surface area contributed by atoms with Gasteiger partial charge in [-0.15, -0.1) is 0 Å². The summed E-state index contributed by atoms with van der Waals surface area (Å²) in [6.45, 7) is 2.93. The number of aryl methyl sites for hydroxylation is 1. The van der Waals surface area contributed by atoms with E-state index < -0.39 is 0 Å². The maximum atomic E-state index is 10.1. The van der Waals surface area contributed by atoms with E-state index in [4.69, 9.17) is 0 Å². The summed E-state index contributed by atoms with van der Waals surface area (Å²) in [4.78, 5) is 0. The molecular formula is C11H18N2O. The molecule has 1 aliphatic rings. The summed E-state index contributed by atoms with van der Waals surface area (Å²) in [7, 11) is 0. The topological polar surface area (TPSA) is 38.0 Å². The molecule has 2 rings (SSSR count). The van der Waals surface area contributed by atoms with Gasteiger partial charge in [0.2, 0.25) is 0 Å². The first-order valence-corrected chi connectivity index (χ1v) is 5.51.